The maximum Gasteiger partial charge on any atom is 0.265 e. The third kappa shape index (κ3) is 1.93. The number of nitrogens with zero attached hydrogens (tertiary/aromatic N) is 1. The average molecular weight is 252 g/mol. The Balaban J connectivity index is 1.88. The van der Waals surface area contributed by atoms with E-state index in [1.807, 2.05) is 0 Å². The van der Waals surface area contributed by atoms with Crippen LogP contribution in [-0.2, 0) is 0 Å². The van der Waals surface area contributed by atoms with Crippen LogP contribution in [0.5, 0.6) is 0 Å². The van der Waals surface area contributed by atoms with Gasteiger partial charge < -0.3 is 10.6 Å². The number of anilines is 2. The van der Waals surface area contributed by atoms with Gasteiger partial charge >= 0.3 is 0 Å². The predicted octanol–water partition coefficient (Wildman–Crippen LogP) is 3.44. The molecule has 1 saturated carbocycles. The second-order valence-electron chi connectivity index (χ2n) is 5.47. The normalized spacial score (nSPS) is 26.9. The Morgan fingerprint density at radius 1 is 1.17 bits per heavy atom. The molecule has 1 heterocycles. The third-order valence-corrected chi connectivity index (χ3v) is 4.35. The van der Waals surface area contributed by atoms with Crippen LogP contribution in [0.3, 0.4) is 0 Å². The summed E-state index contributed by atoms with van der Waals surface area (Å²) in [4.78, 5) is 2.12. The van der Waals surface area contributed by atoms with Crippen LogP contribution in [0, 0.1) is 11.8 Å². The van der Waals surface area contributed by atoms with Gasteiger partial charge in [0.1, 0.15) is 0 Å². The molecule has 0 radical (unpaired) electrons. The molecule has 18 heavy (non-hydrogen) atoms. The van der Waals surface area contributed by atoms with E-state index in [1.165, 1.54) is 25.3 Å². The summed E-state index contributed by atoms with van der Waals surface area (Å²) in [5, 5.41) is 0. The van der Waals surface area contributed by atoms with Gasteiger partial charge in [-0.25, -0.2) is 8.78 Å². The first kappa shape index (κ1) is 11.8. The largest absolute Gasteiger partial charge is 0.399 e. The molecule has 1 aromatic carbocycles. The van der Waals surface area contributed by atoms with Crippen molar-refractivity contribution in [3.05, 3.63) is 23.8 Å². The minimum atomic E-state index is -2.45. The second kappa shape index (κ2) is 4.41. The number of fused-ring (bicyclic) bond motifs is 1. The lowest BCUT2D eigenvalue weighted by atomic mass is 10.0. The van der Waals surface area contributed by atoms with Crippen molar-refractivity contribution in [1.82, 2.24) is 0 Å². The van der Waals surface area contributed by atoms with Crippen LogP contribution >= 0.6 is 0 Å². The van der Waals surface area contributed by atoms with E-state index in [1.54, 1.807) is 12.1 Å². The van der Waals surface area contributed by atoms with Gasteiger partial charge in [0.05, 0.1) is 0 Å². The Morgan fingerprint density at radius 2 is 1.83 bits per heavy atom. The molecule has 1 aliphatic heterocycles. The van der Waals surface area contributed by atoms with E-state index in [2.05, 4.69) is 4.90 Å². The number of hydrogen-bond acceptors (Lipinski definition) is 2. The summed E-state index contributed by atoms with van der Waals surface area (Å²) in [5.41, 5.74) is 6.77. The molecule has 0 spiro atoms. The first-order valence-electron chi connectivity index (χ1n) is 6.57. The van der Waals surface area contributed by atoms with E-state index in [9.17, 15) is 8.78 Å². The van der Waals surface area contributed by atoms with Gasteiger partial charge in [0, 0.05) is 30.0 Å². The molecule has 1 aromatic rings. The van der Waals surface area contributed by atoms with Gasteiger partial charge in [-0.2, -0.15) is 0 Å². The van der Waals surface area contributed by atoms with Gasteiger partial charge in [-0.1, -0.05) is 6.42 Å². The minimum Gasteiger partial charge on any atom is -0.399 e. The zero-order chi connectivity index (χ0) is 12.7. The summed E-state index contributed by atoms with van der Waals surface area (Å²) in [5.74, 6) is 1.40. The monoisotopic (exact) mass is 252 g/mol. The van der Waals surface area contributed by atoms with E-state index < -0.39 is 6.43 Å². The van der Waals surface area contributed by atoms with E-state index in [-0.39, 0.29) is 5.56 Å². The fraction of sp³-hybridized carbons (Fsp3) is 0.571. The zero-order valence-corrected chi connectivity index (χ0v) is 10.3. The van der Waals surface area contributed by atoms with Gasteiger partial charge in [-0.05, 0) is 42.9 Å². The molecule has 1 saturated heterocycles. The number of hydrogen-bond donors (Lipinski definition) is 1. The smallest absolute Gasteiger partial charge is 0.265 e. The van der Waals surface area contributed by atoms with Crippen LogP contribution in [-0.4, -0.2) is 13.1 Å². The van der Waals surface area contributed by atoms with Crippen molar-refractivity contribution in [3.8, 4) is 0 Å². The van der Waals surface area contributed by atoms with Crippen LogP contribution in [0.2, 0.25) is 0 Å². The molecule has 2 N–H and O–H groups in total. The molecular formula is C14H18F2N2. The highest BCUT2D eigenvalue weighted by Gasteiger charge is 2.37. The minimum absolute atomic E-state index is 0.0787. The Kier molecular flexibility index (Phi) is 2.88. The van der Waals surface area contributed by atoms with Crippen molar-refractivity contribution in [1.29, 1.82) is 0 Å². The maximum atomic E-state index is 13.1. The number of nitrogens with two attached hydrogens (primary N) is 1. The molecule has 2 atom stereocenters. The Bertz CT molecular complexity index is 435. The van der Waals surface area contributed by atoms with Gasteiger partial charge in [-0.3, -0.25) is 0 Å². The number of halogens is 2. The summed E-state index contributed by atoms with van der Waals surface area (Å²) in [6, 6.07) is 4.88. The molecule has 0 aromatic heterocycles. The Labute approximate surface area is 106 Å². The van der Waals surface area contributed by atoms with Crippen LogP contribution < -0.4 is 10.6 Å². The topological polar surface area (TPSA) is 29.3 Å². The van der Waals surface area contributed by atoms with Crippen molar-refractivity contribution in [2.45, 2.75) is 25.7 Å². The standard InChI is InChI=1S/C14H18F2N2/c15-14(16)12-6-11(17)4-5-13(12)18-7-9-2-1-3-10(9)8-18/h4-6,9-10,14H,1-3,7-8,17H2. The third-order valence-electron chi connectivity index (χ3n) is 4.35. The number of rotatable bonds is 2. The molecule has 4 heteroatoms. The van der Waals surface area contributed by atoms with Crippen molar-refractivity contribution in [2.24, 2.45) is 11.8 Å². The Morgan fingerprint density at radius 3 is 2.44 bits per heavy atom. The van der Waals surface area contributed by atoms with Gasteiger partial charge in [-0.15, -0.1) is 0 Å². The summed E-state index contributed by atoms with van der Waals surface area (Å²) >= 11 is 0. The van der Waals surface area contributed by atoms with Gasteiger partial charge in [0.25, 0.3) is 6.43 Å². The molecule has 2 nitrogen and oxygen atoms in total. The van der Waals surface area contributed by atoms with Crippen molar-refractivity contribution in [2.75, 3.05) is 23.7 Å². The van der Waals surface area contributed by atoms with Gasteiger partial charge in [0.2, 0.25) is 0 Å². The SMILES string of the molecule is Nc1ccc(N2CC3CCCC3C2)c(C(F)F)c1. The van der Waals surface area contributed by atoms with E-state index >= 15 is 0 Å². The molecule has 0 bridgehead atoms. The summed E-state index contributed by atoms with van der Waals surface area (Å²) in [6.07, 6.45) is 1.34. The van der Waals surface area contributed by atoms with Crippen molar-refractivity contribution in [3.63, 3.8) is 0 Å². The van der Waals surface area contributed by atoms with Crippen LogP contribution in [0.1, 0.15) is 31.3 Å². The number of alkyl halides is 2. The zero-order valence-electron chi connectivity index (χ0n) is 10.3. The first-order valence-corrected chi connectivity index (χ1v) is 6.57. The summed E-state index contributed by atoms with van der Waals surface area (Å²) < 4.78 is 26.1. The molecule has 2 aliphatic rings. The molecule has 3 rings (SSSR count). The molecule has 0 amide bonds. The first-order chi connectivity index (χ1) is 8.65. The van der Waals surface area contributed by atoms with Crippen LogP contribution in [0.25, 0.3) is 0 Å². The quantitative estimate of drug-likeness (QED) is 0.817. The van der Waals surface area contributed by atoms with Crippen LogP contribution in [0.15, 0.2) is 18.2 Å². The van der Waals surface area contributed by atoms with E-state index in [0.29, 0.717) is 23.2 Å². The molecular weight excluding hydrogens is 234 g/mol. The molecule has 2 fully saturated rings. The highest BCUT2D eigenvalue weighted by Crippen LogP contribution is 2.42. The van der Waals surface area contributed by atoms with Crippen LogP contribution in [0.4, 0.5) is 20.2 Å². The fourth-order valence-corrected chi connectivity index (χ4v) is 3.47. The lowest BCUT2D eigenvalue weighted by Crippen LogP contribution is -2.22. The number of nitrogen functional groups attached to an aromatic ring is 1. The lowest BCUT2D eigenvalue weighted by molar-refractivity contribution is 0.152. The molecule has 1 aliphatic carbocycles. The Hall–Kier alpha value is -1.32. The molecule has 2 unspecified atom stereocenters. The number of benzene rings is 1. The maximum absolute atomic E-state index is 13.1. The van der Waals surface area contributed by atoms with E-state index in [0.717, 1.165) is 13.1 Å². The van der Waals surface area contributed by atoms with Crippen molar-refractivity contribution >= 4 is 11.4 Å². The average Bonchev–Trinajstić information content (AvgIpc) is 2.88. The lowest BCUT2D eigenvalue weighted by Gasteiger charge is -2.23. The predicted molar refractivity (Wildman–Crippen MR) is 68.9 cm³/mol. The van der Waals surface area contributed by atoms with Crippen molar-refractivity contribution < 1.29 is 8.78 Å². The summed E-state index contributed by atoms with van der Waals surface area (Å²) in [7, 11) is 0. The molecule has 98 valence electrons. The van der Waals surface area contributed by atoms with Gasteiger partial charge in [0.15, 0.2) is 0 Å². The highest BCUT2D eigenvalue weighted by molar-refractivity contribution is 5.61. The second-order valence-corrected chi connectivity index (χ2v) is 5.47. The summed E-state index contributed by atoms with van der Waals surface area (Å²) in [6.45, 7) is 1.85. The fourth-order valence-electron chi connectivity index (χ4n) is 3.47. The van der Waals surface area contributed by atoms with E-state index in [4.69, 9.17) is 5.73 Å². The highest BCUT2D eigenvalue weighted by atomic mass is 19.3.